The quantitative estimate of drug-likeness (QED) is 0.228. The molecule has 2 N–H and O–H groups in total. The van der Waals surface area contributed by atoms with Crippen LogP contribution >= 0.6 is 11.3 Å². The van der Waals surface area contributed by atoms with Crippen LogP contribution in [0.25, 0.3) is 0 Å². The number of hydrogen-bond donors (Lipinski definition) is 2. The molecule has 2 aromatic carbocycles. The summed E-state index contributed by atoms with van der Waals surface area (Å²) < 4.78 is 41.4. The fraction of sp³-hybridized carbons (Fsp3) is 0.375. The molecule has 6 rings (SSSR count). The number of hydrogen-bond acceptors (Lipinski definition) is 10. The summed E-state index contributed by atoms with van der Waals surface area (Å²) >= 11 is 1.40. The highest BCUT2D eigenvalue weighted by Gasteiger charge is 2.31. The van der Waals surface area contributed by atoms with Crippen molar-refractivity contribution in [3.63, 3.8) is 0 Å². The molecule has 2 fully saturated rings. The van der Waals surface area contributed by atoms with Gasteiger partial charge in [-0.1, -0.05) is 42.5 Å². The number of amides is 2. The molecule has 0 saturated carbocycles. The van der Waals surface area contributed by atoms with E-state index in [0.29, 0.717) is 22.4 Å². The first kappa shape index (κ1) is 32.2. The van der Waals surface area contributed by atoms with Crippen LogP contribution < -0.4 is 25.2 Å². The molecule has 4 aromatic rings. The van der Waals surface area contributed by atoms with E-state index >= 15 is 0 Å². The average molecular weight is 667 g/mol. The number of ether oxygens (including phenoxy) is 1. The predicted molar refractivity (Wildman–Crippen MR) is 172 cm³/mol. The second kappa shape index (κ2) is 13.9. The van der Waals surface area contributed by atoms with Crippen molar-refractivity contribution >= 4 is 45.6 Å². The van der Waals surface area contributed by atoms with E-state index in [0.717, 1.165) is 55.3 Å². The van der Waals surface area contributed by atoms with Crippen LogP contribution in [0.5, 0.6) is 5.75 Å². The Morgan fingerprint density at radius 1 is 0.872 bits per heavy atom. The van der Waals surface area contributed by atoms with Crippen molar-refractivity contribution in [1.82, 2.24) is 20.4 Å². The minimum absolute atomic E-state index is 0.125. The first-order valence-electron chi connectivity index (χ1n) is 15.3. The van der Waals surface area contributed by atoms with E-state index in [-0.39, 0.29) is 30.5 Å². The van der Waals surface area contributed by atoms with E-state index in [9.17, 15) is 22.8 Å². The van der Waals surface area contributed by atoms with Crippen LogP contribution in [0.4, 0.5) is 35.6 Å². The van der Waals surface area contributed by atoms with Gasteiger partial charge in [0, 0.05) is 37.8 Å². The van der Waals surface area contributed by atoms with E-state index in [1.165, 1.54) is 35.6 Å². The van der Waals surface area contributed by atoms with Gasteiger partial charge in [0.2, 0.25) is 16.9 Å². The summed E-state index contributed by atoms with van der Waals surface area (Å²) in [4.78, 5) is 29.6. The van der Waals surface area contributed by atoms with Gasteiger partial charge in [-0.05, 0) is 66.3 Å². The standard InChI is InChI=1S/C32H33F3N8O3S/c1-20-18-43(19-20)24-6-2-4-21(14-24)16-29(45)37-31-41-40-30(47-31)23-10-12-42(13-11-23)27-9-8-26(38-39-27)36-28(44)17-22-5-3-7-25(15-22)46-32(33,34)35/h2-9,14-15,20,23H,10-13,16-19H2,1H3,(H,36,38,44)(H,37,41,45). The molecule has 2 amide bonds. The zero-order chi connectivity index (χ0) is 33.0. The zero-order valence-corrected chi connectivity index (χ0v) is 26.4. The zero-order valence-electron chi connectivity index (χ0n) is 25.5. The number of carbonyl (C=O) groups excluding carboxylic acids is 2. The fourth-order valence-corrected chi connectivity index (χ4v) is 6.64. The summed E-state index contributed by atoms with van der Waals surface area (Å²) in [6, 6.07) is 16.8. The van der Waals surface area contributed by atoms with Crippen LogP contribution in [0.15, 0.2) is 60.7 Å². The van der Waals surface area contributed by atoms with Crippen molar-refractivity contribution in [2.24, 2.45) is 5.92 Å². The average Bonchev–Trinajstić information content (AvgIpc) is 3.47. The first-order valence-corrected chi connectivity index (χ1v) is 16.1. The van der Waals surface area contributed by atoms with Gasteiger partial charge >= 0.3 is 6.36 Å². The maximum absolute atomic E-state index is 12.7. The van der Waals surface area contributed by atoms with Crippen LogP contribution in [0.1, 0.15) is 41.8 Å². The molecular formula is C32H33F3N8O3S. The largest absolute Gasteiger partial charge is 0.573 e. The molecule has 0 bridgehead atoms. The molecule has 246 valence electrons. The van der Waals surface area contributed by atoms with Gasteiger partial charge in [-0.15, -0.1) is 33.6 Å². The monoisotopic (exact) mass is 666 g/mol. The number of nitrogens with zero attached hydrogens (tertiary/aromatic N) is 6. The summed E-state index contributed by atoms with van der Waals surface area (Å²) in [6.45, 7) is 5.74. The summed E-state index contributed by atoms with van der Waals surface area (Å²) in [5.41, 5.74) is 2.46. The van der Waals surface area contributed by atoms with Crippen molar-refractivity contribution in [3.05, 3.63) is 76.8 Å². The van der Waals surface area contributed by atoms with Crippen LogP contribution in [0.3, 0.4) is 0 Å². The van der Waals surface area contributed by atoms with Crippen LogP contribution in [0, 0.1) is 5.92 Å². The lowest BCUT2D eigenvalue weighted by Gasteiger charge is -2.39. The Hall–Kier alpha value is -4.79. The van der Waals surface area contributed by atoms with E-state index in [4.69, 9.17) is 0 Å². The number of aromatic nitrogens is 4. The molecule has 0 atom stereocenters. The van der Waals surface area contributed by atoms with Crippen molar-refractivity contribution < 1.29 is 27.5 Å². The van der Waals surface area contributed by atoms with Gasteiger partial charge in [0.1, 0.15) is 10.8 Å². The predicted octanol–water partition coefficient (Wildman–Crippen LogP) is 5.43. The summed E-state index contributed by atoms with van der Waals surface area (Å²) in [6.07, 6.45) is -3.06. The Morgan fingerprint density at radius 3 is 2.26 bits per heavy atom. The van der Waals surface area contributed by atoms with Crippen molar-refractivity contribution in [2.75, 3.05) is 46.6 Å². The van der Waals surface area contributed by atoms with Gasteiger partial charge in [-0.2, -0.15) is 0 Å². The number of benzene rings is 2. The molecule has 0 spiro atoms. The number of piperidine rings is 1. The van der Waals surface area contributed by atoms with Gasteiger partial charge in [-0.25, -0.2) is 0 Å². The number of alkyl halides is 3. The lowest BCUT2D eigenvalue weighted by Crippen LogP contribution is -2.45. The molecule has 0 unspecified atom stereocenters. The SMILES string of the molecule is CC1CN(c2cccc(CC(=O)Nc3nnc(C4CCN(c5ccc(NC(=O)Cc6cccc(OC(F)(F)F)c6)nn5)CC4)s3)c2)C1. The van der Waals surface area contributed by atoms with Gasteiger partial charge in [0.05, 0.1) is 12.8 Å². The third-order valence-corrected chi connectivity index (χ3v) is 8.98. The molecule has 2 aliphatic heterocycles. The molecule has 0 radical (unpaired) electrons. The molecule has 0 aliphatic carbocycles. The van der Waals surface area contributed by atoms with E-state index in [1.807, 2.05) is 12.1 Å². The van der Waals surface area contributed by atoms with E-state index in [1.54, 1.807) is 12.1 Å². The van der Waals surface area contributed by atoms with Gasteiger partial charge in [0.15, 0.2) is 11.6 Å². The van der Waals surface area contributed by atoms with Crippen molar-refractivity contribution in [1.29, 1.82) is 0 Å². The lowest BCUT2D eigenvalue weighted by molar-refractivity contribution is -0.274. The Kier molecular flexibility index (Phi) is 9.52. The third-order valence-electron chi connectivity index (χ3n) is 7.97. The molecule has 47 heavy (non-hydrogen) atoms. The Balaban J connectivity index is 0.949. The fourth-order valence-electron chi connectivity index (χ4n) is 5.71. The number of halogens is 3. The molecular weight excluding hydrogens is 633 g/mol. The Morgan fingerprint density at radius 2 is 1.57 bits per heavy atom. The maximum Gasteiger partial charge on any atom is 0.573 e. The minimum atomic E-state index is -4.81. The number of rotatable bonds is 10. The Bertz CT molecular complexity index is 1700. The second-order valence-corrected chi connectivity index (χ2v) is 12.8. The smallest absolute Gasteiger partial charge is 0.406 e. The van der Waals surface area contributed by atoms with Crippen molar-refractivity contribution in [3.8, 4) is 5.75 Å². The van der Waals surface area contributed by atoms with Crippen LogP contribution in [0.2, 0.25) is 0 Å². The number of nitrogens with one attached hydrogen (secondary N) is 2. The molecule has 2 saturated heterocycles. The van der Waals surface area contributed by atoms with Crippen LogP contribution in [-0.4, -0.2) is 64.8 Å². The number of carbonyl (C=O) groups is 2. The summed E-state index contributed by atoms with van der Waals surface area (Å²) in [5, 5.41) is 23.8. The van der Waals surface area contributed by atoms with E-state index < -0.39 is 18.0 Å². The molecule has 2 aromatic heterocycles. The highest BCUT2D eigenvalue weighted by atomic mass is 32.1. The van der Waals surface area contributed by atoms with Gasteiger partial charge in [-0.3, -0.25) is 9.59 Å². The molecule has 11 nitrogen and oxygen atoms in total. The van der Waals surface area contributed by atoms with E-state index in [2.05, 4.69) is 64.6 Å². The highest BCUT2D eigenvalue weighted by molar-refractivity contribution is 7.15. The van der Waals surface area contributed by atoms with Crippen molar-refractivity contribution in [2.45, 2.75) is 44.9 Å². The number of anilines is 4. The topological polar surface area (TPSA) is 125 Å². The summed E-state index contributed by atoms with van der Waals surface area (Å²) in [7, 11) is 0. The third kappa shape index (κ3) is 8.73. The normalized spacial score (nSPS) is 15.7. The minimum Gasteiger partial charge on any atom is -0.406 e. The molecule has 4 heterocycles. The highest BCUT2D eigenvalue weighted by Crippen LogP contribution is 2.33. The first-order chi connectivity index (χ1) is 22.6. The molecule has 15 heteroatoms. The Labute approximate surface area is 273 Å². The lowest BCUT2D eigenvalue weighted by atomic mass is 9.98. The van der Waals surface area contributed by atoms with Gasteiger partial charge in [0.25, 0.3) is 0 Å². The van der Waals surface area contributed by atoms with Crippen LogP contribution in [-0.2, 0) is 22.4 Å². The molecule has 2 aliphatic rings. The van der Waals surface area contributed by atoms with Gasteiger partial charge < -0.3 is 25.2 Å². The maximum atomic E-state index is 12.7. The summed E-state index contributed by atoms with van der Waals surface area (Å²) in [5.74, 6) is 0.837. The second-order valence-electron chi connectivity index (χ2n) is 11.8.